The lowest BCUT2D eigenvalue weighted by atomic mass is 9.86. The third-order valence-corrected chi connectivity index (χ3v) is 3.87. The number of benzene rings is 1. The lowest BCUT2D eigenvalue weighted by molar-refractivity contribution is -0.144. The van der Waals surface area contributed by atoms with Crippen molar-refractivity contribution in [2.45, 2.75) is 31.8 Å². The minimum atomic E-state index is -0.285. The molecule has 1 aliphatic heterocycles. The Morgan fingerprint density at radius 2 is 2.11 bits per heavy atom. The second kappa shape index (κ2) is 4.10. The van der Waals surface area contributed by atoms with Crippen molar-refractivity contribution in [2.24, 2.45) is 0 Å². The van der Waals surface area contributed by atoms with Crippen LogP contribution in [0.3, 0.4) is 0 Å². The van der Waals surface area contributed by atoms with Crippen LogP contribution in [0.25, 0.3) is 10.9 Å². The number of aromatic amines is 1. The van der Waals surface area contributed by atoms with Crippen LogP contribution in [0.5, 0.6) is 0 Å². The summed E-state index contributed by atoms with van der Waals surface area (Å²) in [5, 5.41) is 4.55. The SMILES string of the molecule is COC(=O)[C@H]1Cc2c([nH]c3ccccc23)C(C)(C)N1. The normalized spacial score (nSPS) is 21.1. The molecule has 0 amide bonds. The first-order valence-electron chi connectivity index (χ1n) is 6.48. The molecule has 0 saturated heterocycles. The average molecular weight is 258 g/mol. The number of ether oxygens (including phenoxy) is 1. The minimum absolute atomic E-state index is 0.205. The van der Waals surface area contributed by atoms with E-state index in [-0.39, 0.29) is 17.6 Å². The number of rotatable bonds is 1. The number of aromatic nitrogens is 1. The van der Waals surface area contributed by atoms with Gasteiger partial charge in [-0.05, 0) is 25.5 Å². The van der Waals surface area contributed by atoms with Crippen molar-refractivity contribution in [3.8, 4) is 0 Å². The number of methoxy groups -OCH3 is 1. The van der Waals surface area contributed by atoms with Gasteiger partial charge in [-0.2, -0.15) is 0 Å². The minimum Gasteiger partial charge on any atom is -0.468 e. The number of H-pyrrole nitrogens is 1. The van der Waals surface area contributed by atoms with Crippen LogP contribution in [0.1, 0.15) is 25.1 Å². The van der Waals surface area contributed by atoms with Crippen molar-refractivity contribution in [1.29, 1.82) is 0 Å². The van der Waals surface area contributed by atoms with E-state index in [9.17, 15) is 4.79 Å². The van der Waals surface area contributed by atoms with Crippen LogP contribution in [0, 0.1) is 0 Å². The van der Waals surface area contributed by atoms with E-state index in [1.54, 1.807) is 0 Å². The summed E-state index contributed by atoms with van der Waals surface area (Å²) in [7, 11) is 1.43. The molecule has 0 fully saturated rings. The van der Waals surface area contributed by atoms with Crippen LogP contribution in [0.2, 0.25) is 0 Å². The fourth-order valence-electron chi connectivity index (χ4n) is 2.99. The highest BCUT2D eigenvalue weighted by Crippen LogP contribution is 2.35. The van der Waals surface area contributed by atoms with E-state index in [2.05, 4.69) is 36.3 Å². The summed E-state index contributed by atoms with van der Waals surface area (Å²) in [5.41, 5.74) is 3.22. The Morgan fingerprint density at radius 3 is 2.84 bits per heavy atom. The zero-order chi connectivity index (χ0) is 13.6. The van der Waals surface area contributed by atoms with Gasteiger partial charge in [0.15, 0.2) is 0 Å². The predicted octanol–water partition coefficient (Wildman–Crippen LogP) is 2.09. The summed E-state index contributed by atoms with van der Waals surface area (Å²) in [6.07, 6.45) is 0.662. The topological polar surface area (TPSA) is 54.1 Å². The van der Waals surface area contributed by atoms with Gasteiger partial charge in [0.1, 0.15) is 6.04 Å². The fourth-order valence-corrected chi connectivity index (χ4v) is 2.99. The van der Waals surface area contributed by atoms with Crippen LogP contribution in [0.4, 0.5) is 0 Å². The van der Waals surface area contributed by atoms with Gasteiger partial charge in [0.05, 0.1) is 12.6 Å². The highest BCUT2D eigenvalue weighted by molar-refractivity contribution is 5.87. The van der Waals surface area contributed by atoms with Gasteiger partial charge in [-0.1, -0.05) is 18.2 Å². The second-order valence-electron chi connectivity index (χ2n) is 5.57. The summed E-state index contributed by atoms with van der Waals surface area (Å²) in [6.45, 7) is 4.16. The zero-order valence-electron chi connectivity index (χ0n) is 11.4. The highest BCUT2D eigenvalue weighted by Gasteiger charge is 2.38. The maximum atomic E-state index is 11.8. The molecule has 1 aromatic carbocycles. The van der Waals surface area contributed by atoms with Gasteiger partial charge in [0.25, 0.3) is 0 Å². The summed E-state index contributed by atoms with van der Waals surface area (Å²) >= 11 is 0. The van der Waals surface area contributed by atoms with Gasteiger partial charge in [-0.25, -0.2) is 0 Å². The van der Waals surface area contributed by atoms with Crippen LogP contribution >= 0.6 is 0 Å². The van der Waals surface area contributed by atoms with Gasteiger partial charge in [-0.3, -0.25) is 10.1 Å². The molecule has 4 nitrogen and oxygen atoms in total. The molecule has 0 bridgehead atoms. The van der Waals surface area contributed by atoms with Gasteiger partial charge < -0.3 is 9.72 Å². The third kappa shape index (κ3) is 1.83. The zero-order valence-corrected chi connectivity index (χ0v) is 11.4. The Bertz CT molecular complexity index is 643. The monoisotopic (exact) mass is 258 g/mol. The van der Waals surface area contributed by atoms with Crippen LogP contribution in [0.15, 0.2) is 24.3 Å². The van der Waals surface area contributed by atoms with Crippen LogP contribution in [-0.2, 0) is 21.5 Å². The average Bonchev–Trinajstić information content (AvgIpc) is 2.77. The van der Waals surface area contributed by atoms with E-state index in [4.69, 9.17) is 4.74 Å². The first-order chi connectivity index (χ1) is 9.03. The molecule has 0 saturated carbocycles. The smallest absolute Gasteiger partial charge is 0.323 e. The number of fused-ring (bicyclic) bond motifs is 3. The standard InChI is InChI=1S/C15H18N2O2/c1-15(2)13-10(8-12(17-15)14(18)19-3)9-6-4-5-7-11(9)16-13/h4-7,12,16-17H,8H2,1-3H3/t12-/m1/s1. The van der Waals surface area contributed by atoms with Crippen molar-refractivity contribution in [1.82, 2.24) is 10.3 Å². The highest BCUT2D eigenvalue weighted by atomic mass is 16.5. The molecule has 0 radical (unpaired) electrons. The van der Waals surface area contributed by atoms with Gasteiger partial charge in [-0.15, -0.1) is 0 Å². The molecule has 2 N–H and O–H groups in total. The summed E-state index contributed by atoms with van der Waals surface area (Å²) in [5.74, 6) is -0.205. The lowest BCUT2D eigenvalue weighted by Crippen LogP contribution is -2.53. The molecule has 100 valence electrons. The van der Waals surface area contributed by atoms with Crippen molar-refractivity contribution in [2.75, 3.05) is 7.11 Å². The summed E-state index contributed by atoms with van der Waals surface area (Å²) < 4.78 is 4.88. The molecule has 2 aromatic rings. The number of esters is 1. The second-order valence-corrected chi connectivity index (χ2v) is 5.57. The largest absolute Gasteiger partial charge is 0.468 e. The van der Waals surface area contributed by atoms with E-state index in [0.717, 1.165) is 11.2 Å². The Balaban J connectivity index is 2.15. The molecule has 19 heavy (non-hydrogen) atoms. The molecule has 0 spiro atoms. The Kier molecular flexibility index (Phi) is 2.64. The predicted molar refractivity (Wildman–Crippen MR) is 74.0 cm³/mol. The number of carbonyl (C=O) groups excluding carboxylic acids is 1. The van der Waals surface area contributed by atoms with Crippen molar-refractivity contribution in [3.63, 3.8) is 0 Å². The van der Waals surface area contributed by atoms with Crippen molar-refractivity contribution in [3.05, 3.63) is 35.5 Å². The maximum absolute atomic E-state index is 11.8. The molecule has 1 atom stereocenters. The Labute approximate surface area is 112 Å². The number of nitrogens with one attached hydrogen (secondary N) is 2. The van der Waals surface area contributed by atoms with E-state index in [0.29, 0.717) is 6.42 Å². The van der Waals surface area contributed by atoms with E-state index < -0.39 is 0 Å². The molecule has 3 rings (SSSR count). The van der Waals surface area contributed by atoms with Crippen LogP contribution < -0.4 is 5.32 Å². The van der Waals surface area contributed by atoms with Gasteiger partial charge >= 0.3 is 5.97 Å². The number of para-hydroxylation sites is 1. The maximum Gasteiger partial charge on any atom is 0.323 e. The number of hydrogen-bond acceptors (Lipinski definition) is 3. The fraction of sp³-hybridized carbons (Fsp3) is 0.400. The quantitative estimate of drug-likeness (QED) is 0.770. The number of carbonyl (C=O) groups is 1. The van der Waals surface area contributed by atoms with Gasteiger partial charge in [0.2, 0.25) is 0 Å². The van der Waals surface area contributed by atoms with E-state index in [1.807, 2.05) is 12.1 Å². The number of hydrogen-bond donors (Lipinski definition) is 2. The van der Waals surface area contributed by atoms with Crippen molar-refractivity contribution < 1.29 is 9.53 Å². The Hall–Kier alpha value is -1.81. The molecule has 1 aromatic heterocycles. The summed E-state index contributed by atoms with van der Waals surface area (Å²) in [4.78, 5) is 15.3. The van der Waals surface area contributed by atoms with E-state index >= 15 is 0 Å². The Morgan fingerprint density at radius 1 is 1.37 bits per heavy atom. The van der Waals surface area contributed by atoms with E-state index in [1.165, 1.54) is 18.1 Å². The first-order valence-corrected chi connectivity index (χ1v) is 6.48. The molecular weight excluding hydrogens is 240 g/mol. The molecule has 0 aliphatic carbocycles. The first kappa shape index (κ1) is 12.2. The molecule has 1 aliphatic rings. The van der Waals surface area contributed by atoms with Crippen molar-refractivity contribution >= 4 is 16.9 Å². The third-order valence-electron chi connectivity index (χ3n) is 3.87. The molecule has 2 heterocycles. The lowest BCUT2D eigenvalue weighted by Gasteiger charge is -2.35. The molecule has 0 unspecified atom stereocenters. The molecule has 4 heteroatoms. The van der Waals surface area contributed by atoms with Gasteiger partial charge in [0, 0.05) is 23.0 Å². The molecular formula is C15H18N2O2. The summed E-state index contributed by atoms with van der Waals surface area (Å²) in [6, 6.07) is 7.92. The van der Waals surface area contributed by atoms with Crippen LogP contribution in [-0.4, -0.2) is 24.1 Å².